The first kappa shape index (κ1) is 29.8. The number of allylic oxidation sites excluding steroid dienone is 1. The smallest absolute Gasteiger partial charge is 0.242 e. The summed E-state index contributed by atoms with van der Waals surface area (Å²) in [6.07, 6.45) is 8.90. The highest BCUT2D eigenvalue weighted by atomic mass is 16.2. The van der Waals surface area contributed by atoms with Crippen molar-refractivity contribution in [3.05, 3.63) is 47.2 Å². The minimum absolute atomic E-state index is 0.137. The largest absolute Gasteiger partial charge is 0.361 e. The van der Waals surface area contributed by atoms with Gasteiger partial charge in [0.2, 0.25) is 17.7 Å². The number of amides is 3. The summed E-state index contributed by atoms with van der Waals surface area (Å²) in [6, 6.07) is 6.46. The molecule has 0 saturated carbocycles. The van der Waals surface area contributed by atoms with Gasteiger partial charge >= 0.3 is 0 Å². The van der Waals surface area contributed by atoms with Crippen molar-refractivity contribution in [2.45, 2.75) is 91.1 Å². The van der Waals surface area contributed by atoms with Crippen molar-refractivity contribution in [1.82, 2.24) is 25.8 Å². The van der Waals surface area contributed by atoms with Crippen molar-refractivity contribution in [2.24, 2.45) is 5.41 Å². The minimum Gasteiger partial charge on any atom is -0.361 e. The monoisotopic (exact) mass is 549 g/mol. The zero-order valence-electron chi connectivity index (χ0n) is 24.7. The van der Waals surface area contributed by atoms with Crippen LogP contribution >= 0.6 is 0 Å². The zero-order chi connectivity index (χ0) is 28.7. The van der Waals surface area contributed by atoms with E-state index in [2.05, 4.69) is 46.6 Å². The second-order valence-corrected chi connectivity index (χ2v) is 12.3. The van der Waals surface area contributed by atoms with E-state index in [0.717, 1.165) is 55.4 Å². The van der Waals surface area contributed by atoms with Gasteiger partial charge < -0.3 is 25.8 Å². The van der Waals surface area contributed by atoms with E-state index in [1.165, 1.54) is 24.8 Å². The predicted octanol–water partition coefficient (Wildman–Crippen LogP) is 4.22. The van der Waals surface area contributed by atoms with E-state index in [0.29, 0.717) is 19.4 Å². The van der Waals surface area contributed by atoms with Crippen molar-refractivity contribution in [2.75, 3.05) is 26.2 Å². The molecule has 2 heterocycles. The maximum absolute atomic E-state index is 13.3. The van der Waals surface area contributed by atoms with Crippen molar-refractivity contribution in [3.63, 3.8) is 0 Å². The fraction of sp³-hybridized carbons (Fsp3) is 0.594. The average Bonchev–Trinajstić information content (AvgIpc) is 3.31. The first-order valence-corrected chi connectivity index (χ1v) is 15.0. The number of carbonyl (C=O) groups is 3. The molecule has 0 radical (unpaired) electrons. The van der Waals surface area contributed by atoms with Gasteiger partial charge in [0, 0.05) is 43.0 Å². The summed E-state index contributed by atoms with van der Waals surface area (Å²) in [5.74, 6) is -0.700. The molecule has 2 aromatic rings. The molecule has 1 fully saturated rings. The maximum atomic E-state index is 13.3. The summed E-state index contributed by atoms with van der Waals surface area (Å²) in [7, 11) is 0. The molecule has 3 amide bonds. The van der Waals surface area contributed by atoms with E-state index in [9.17, 15) is 14.4 Å². The highest BCUT2D eigenvalue weighted by Gasteiger charge is 2.29. The number of rotatable bonds is 5. The van der Waals surface area contributed by atoms with Gasteiger partial charge in [-0.1, -0.05) is 43.2 Å². The number of carbonyl (C=O) groups excluding carboxylic acids is 3. The van der Waals surface area contributed by atoms with Crippen LogP contribution in [0.5, 0.6) is 0 Å². The van der Waals surface area contributed by atoms with Gasteiger partial charge in [0.15, 0.2) is 0 Å². The molecule has 8 heteroatoms. The van der Waals surface area contributed by atoms with E-state index < -0.39 is 12.1 Å². The quantitative estimate of drug-likeness (QED) is 0.419. The average molecular weight is 550 g/mol. The molecule has 1 aromatic carbocycles. The number of aromatic nitrogens is 1. The van der Waals surface area contributed by atoms with Crippen molar-refractivity contribution in [3.8, 4) is 0 Å². The lowest BCUT2D eigenvalue weighted by Gasteiger charge is -2.36. The molecular formula is C32H47N5O3. The molecule has 0 spiro atoms. The number of H-pyrrole nitrogens is 1. The SMILES string of the molecule is CC1=C(CCN2CCCNC(=O)[C@@H](Cc3c[nH]c4ccccc34)NC(=O)[C@H](C)NC(=O)CCC2)C(C)(C)CCC1. The number of nitrogens with one attached hydrogen (secondary N) is 4. The molecule has 218 valence electrons. The zero-order valence-corrected chi connectivity index (χ0v) is 24.7. The molecular weight excluding hydrogens is 502 g/mol. The van der Waals surface area contributed by atoms with Crippen molar-refractivity contribution >= 4 is 28.6 Å². The van der Waals surface area contributed by atoms with Crippen LogP contribution in [0.2, 0.25) is 0 Å². The molecule has 8 nitrogen and oxygen atoms in total. The van der Waals surface area contributed by atoms with Gasteiger partial charge in [-0.15, -0.1) is 0 Å². The molecule has 4 rings (SSSR count). The molecule has 2 aliphatic rings. The summed E-state index contributed by atoms with van der Waals surface area (Å²) >= 11 is 0. The third-order valence-electron chi connectivity index (χ3n) is 8.69. The lowest BCUT2D eigenvalue weighted by atomic mass is 9.71. The van der Waals surface area contributed by atoms with Crippen LogP contribution < -0.4 is 16.0 Å². The Bertz CT molecular complexity index is 1230. The van der Waals surface area contributed by atoms with Gasteiger partial charge in [-0.3, -0.25) is 14.4 Å². The van der Waals surface area contributed by atoms with E-state index in [-0.39, 0.29) is 23.1 Å². The molecule has 1 aromatic heterocycles. The Balaban J connectivity index is 1.44. The van der Waals surface area contributed by atoms with Crippen LogP contribution in [0.1, 0.15) is 78.2 Å². The fourth-order valence-corrected chi connectivity index (χ4v) is 6.34. The number of fused-ring (bicyclic) bond motifs is 1. The van der Waals surface area contributed by atoms with Crippen LogP contribution in [0.4, 0.5) is 0 Å². The summed E-state index contributed by atoms with van der Waals surface area (Å²) in [5, 5.41) is 9.81. The van der Waals surface area contributed by atoms with E-state index in [4.69, 9.17) is 0 Å². The molecule has 1 aliphatic heterocycles. The lowest BCUT2D eigenvalue weighted by Crippen LogP contribution is -2.53. The topological polar surface area (TPSA) is 106 Å². The van der Waals surface area contributed by atoms with Gasteiger partial charge in [0.25, 0.3) is 0 Å². The molecule has 2 atom stereocenters. The van der Waals surface area contributed by atoms with E-state index >= 15 is 0 Å². The van der Waals surface area contributed by atoms with Gasteiger partial charge in [0.1, 0.15) is 12.1 Å². The van der Waals surface area contributed by atoms with Crippen LogP contribution in [0, 0.1) is 5.41 Å². The number of nitrogens with zero attached hydrogens (tertiary/aromatic N) is 1. The third kappa shape index (κ3) is 7.74. The van der Waals surface area contributed by atoms with Crippen LogP contribution in [0.3, 0.4) is 0 Å². The van der Waals surface area contributed by atoms with Crippen molar-refractivity contribution in [1.29, 1.82) is 0 Å². The number of hydrogen-bond acceptors (Lipinski definition) is 4. The van der Waals surface area contributed by atoms with Crippen LogP contribution in [-0.4, -0.2) is 65.9 Å². The molecule has 0 unspecified atom stereocenters. The van der Waals surface area contributed by atoms with E-state index in [1.54, 1.807) is 12.5 Å². The first-order valence-electron chi connectivity index (χ1n) is 15.0. The van der Waals surface area contributed by atoms with Gasteiger partial charge in [-0.2, -0.15) is 0 Å². The number of benzene rings is 1. The number of hydrogen-bond donors (Lipinski definition) is 4. The number of aromatic amines is 1. The second kappa shape index (κ2) is 13.5. The highest BCUT2D eigenvalue weighted by molar-refractivity contribution is 5.92. The first-order chi connectivity index (χ1) is 19.1. The molecule has 0 bridgehead atoms. The number of para-hydroxylation sites is 1. The second-order valence-electron chi connectivity index (χ2n) is 12.3. The summed E-state index contributed by atoms with van der Waals surface area (Å²) in [6.45, 7) is 11.8. The Hall–Kier alpha value is -3.13. The molecule has 40 heavy (non-hydrogen) atoms. The van der Waals surface area contributed by atoms with E-state index in [1.807, 2.05) is 30.5 Å². The molecule has 1 saturated heterocycles. The predicted molar refractivity (Wildman–Crippen MR) is 160 cm³/mol. The summed E-state index contributed by atoms with van der Waals surface area (Å²) in [4.78, 5) is 44.6. The lowest BCUT2D eigenvalue weighted by molar-refractivity contribution is -0.131. The van der Waals surface area contributed by atoms with Gasteiger partial charge in [-0.25, -0.2) is 0 Å². The van der Waals surface area contributed by atoms with Gasteiger partial charge in [0.05, 0.1) is 0 Å². The maximum Gasteiger partial charge on any atom is 0.242 e. The van der Waals surface area contributed by atoms with Crippen LogP contribution in [0.15, 0.2) is 41.6 Å². The van der Waals surface area contributed by atoms with Crippen LogP contribution in [0.25, 0.3) is 10.9 Å². The molecule has 4 N–H and O–H groups in total. The van der Waals surface area contributed by atoms with Crippen molar-refractivity contribution < 1.29 is 14.4 Å². The standard InChI is InChI=1S/C32H47N5O3/c1-22-10-7-15-32(3,4)26(22)14-19-37-17-8-13-29(38)35-23(2)30(39)36-28(31(40)33-16-9-18-37)20-24-21-34-27-12-6-5-11-25(24)27/h5-6,11-12,21,23,28,34H,7-10,13-20H2,1-4H3,(H,33,40)(H,35,38)(H,36,39)/t23-,28+/m0/s1. The van der Waals surface area contributed by atoms with Crippen LogP contribution in [-0.2, 0) is 20.8 Å². The minimum atomic E-state index is -0.740. The molecule has 1 aliphatic carbocycles. The third-order valence-corrected chi connectivity index (χ3v) is 8.69. The summed E-state index contributed by atoms with van der Waals surface area (Å²) in [5.41, 5.74) is 5.32. The Morgan fingerprint density at radius 1 is 0.975 bits per heavy atom. The Labute approximate surface area is 238 Å². The van der Waals surface area contributed by atoms with Gasteiger partial charge in [-0.05, 0) is 82.5 Å². The normalized spacial score (nSPS) is 24.1. The fourth-order valence-electron chi connectivity index (χ4n) is 6.34. The summed E-state index contributed by atoms with van der Waals surface area (Å²) < 4.78 is 0. The highest BCUT2D eigenvalue weighted by Crippen LogP contribution is 2.41. The Morgan fingerprint density at radius 3 is 2.55 bits per heavy atom. The Kier molecular flexibility index (Phi) is 10.1. The Morgan fingerprint density at radius 2 is 1.75 bits per heavy atom.